The summed E-state index contributed by atoms with van der Waals surface area (Å²) in [6.45, 7) is 4.55. The Morgan fingerprint density at radius 1 is 1.35 bits per heavy atom. The monoisotopic (exact) mass is 277 g/mol. The lowest BCUT2D eigenvalue weighted by Crippen LogP contribution is -2.04. The van der Waals surface area contributed by atoms with Gasteiger partial charge in [-0.25, -0.2) is 0 Å². The lowest BCUT2D eigenvalue weighted by Gasteiger charge is -2.09. The van der Waals surface area contributed by atoms with E-state index in [1.165, 1.54) is 0 Å². The number of ether oxygens (including phenoxy) is 2. The summed E-state index contributed by atoms with van der Waals surface area (Å²) in [6, 6.07) is 5.30. The standard InChI is InChI=1S/C14H19N3O3/c1-4-12(19-5-2)13-16-14(20-17-13)10-8-9(18-3)6-7-11(10)15/h6-8,12H,4-5,15H2,1-3H3. The van der Waals surface area contributed by atoms with Crippen molar-refractivity contribution in [2.45, 2.75) is 26.4 Å². The third-order valence-electron chi connectivity index (χ3n) is 2.96. The molecule has 0 radical (unpaired) electrons. The first-order valence-corrected chi connectivity index (χ1v) is 6.58. The van der Waals surface area contributed by atoms with Crippen LogP contribution in [0.2, 0.25) is 0 Å². The molecule has 1 heterocycles. The van der Waals surface area contributed by atoms with Crippen molar-refractivity contribution < 1.29 is 14.0 Å². The second kappa shape index (κ2) is 6.38. The summed E-state index contributed by atoms with van der Waals surface area (Å²) >= 11 is 0. The minimum atomic E-state index is -0.163. The highest BCUT2D eigenvalue weighted by Crippen LogP contribution is 2.30. The molecule has 0 bridgehead atoms. The van der Waals surface area contributed by atoms with E-state index in [4.69, 9.17) is 19.7 Å². The van der Waals surface area contributed by atoms with Gasteiger partial charge in [0.05, 0.1) is 12.7 Å². The number of hydrogen-bond acceptors (Lipinski definition) is 6. The number of nitrogen functional groups attached to an aromatic ring is 1. The van der Waals surface area contributed by atoms with Crippen LogP contribution in [0.25, 0.3) is 11.5 Å². The molecule has 2 N–H and O–H groups in total. The average Bonchev–Trinajstić information content (AvgIpc) is 2.94. The van der Waals surface area contributed by atoms with Gasteiger partial charge in [-0.3, -0.25) is 0 Å². The van der Waals surface area contributed by atoms with Crippen molar-refractivity contribution in [3.8, 4) is 17.2 Å². The van der Waals surface area contributed by atoms with E-state index in [0.717, 1.165) is 6.42 Å². The maximum atomic E-state index is 5.94. The highest BCUT2D eigenvalue weighted by atomic mass is 16.5. The molecule has 1 aromatic carbocycles. The zero-order valence-corrected chi connectivity index (χ0v) is 11.9. The van der Waals surface area contributed by atoms with Crippen LogP contribution >= 0.6 is 0 Å². The van der Waals surface area contributed by atoms with E-state index in [0.29, 0.717) is 35.3 Å². The first kappa shape index (κ1) is 14.3. The molecule has 20 heavy (non-hydrogen) atoms. The smallest absolute Gasteiger partial charge is 0.260 e. The predicted molar refractivity (Wildman–Crippen MR) is 75.4 cm³/mol. The molecule has 0 saturated carbocycles. The number of nitrogens with two attached hydrogens (primary N) is 1. The quantitative estimate of drug-likeness (QED) is 0.817. The van der Waals surface area contributed by atoms with Crippen molar-refractivity contribution in [2.24, 2.45) is 0 Å². The number of benzene rings is 1. The zero-order chi connectivity index (χ0) is 14.5. The second-order valence-corrected chi connectivity index (χ2v) is 4.26. The maximum absolute atomic E-state index is 5.94. The molecule has 0 aliphatic heterocycles. The van der Waals surface area contributed by atoms with E-state index < -0.39 is 0 Å². The molecule has 108 valence electrons. The summed E-state index contributed by atoms with van der Waals surface area (Å²) in [5, 5.41) is 3.97. The van der Waals surface area contributed by atoms with Gasteiger partial charge >= 0.3 is 0 Å². The molecule has 6 nitrogen and oxygen atoms in total. The molecule has 0 amide bonds. The summed E-state index contributed by atoms with van der Waals surface area (Å²) in [5.41, 5.74) is 7.16. The summed E-state index contributed by atoms with van der Waals surface area (Å²) in [7, 11) is 1.59. The largest absolute Gasteiger partial charge is 0.497 e. The summed E-state index contributed by atoms with van der Waals surface area (Å²) in [5.74, 6) is 1.59. The molecule has 0 aliphatic carbocycles. The molecule has 2 rings (SSSR count). The maximum Gasteiger partial charge on any atom is 0.260 e. The zero-order valence-electron chi connectivity index (χ0n) is 11.9. The van der Waals surface area contributed by atoms with Crippen LogP contribution in [-0.4, -0.2) is 23.9 Å². The Balaban J connectivity index is 2.32. The summed E-state index contributed by atoms with van der Waals surface area (Å²) in [4.78, 5) is 4.37. The van der Waals surface area contributed by atoms with E-state index in [2.05, 4.69) is 10.1 Å². The molecule has 2 aromatic rings. The molecule has 1 unspecified atom stereocenters. The van der Waals surface area contributed by atoms with E-state index in [-0.39, 0.29) is 6.10 Å². The van der Waals surface area contributed by atoms with Gasteiger partial charge in [-0.2, -0.15) is 4.98 Å². The molecule has 0 aliphatic rings. The van der Waals surface area contributed by atoms with Gasteiger partial charge < -0.3 is 19.7 Å². The molecule has 0 saturated heterocycles. The number of hydrogen-bond donors (Lipinski definition) is 1. The van der Waals surface area contributed by atoms with Gasteiger partial charge in [0.1, 0.15) is 11.9 Å². The molecular formula is C14H19N3O3. The van der Waals surface area contributed by atoms with E-state index >= 15 is 0 Å². The van der Waals surface area contributed by atoms with Crippen molar-refractivity contribution in [3.05, 3.63) is 24.0 Å². The lowest BCUT2D eigenvalue weighted by atomic mass is 10.1. The Morgan fingerprint density at radius 2 is 2.15 bits per heavy atom. The Morgan fingerprint density at radius 3 is 2.80 bits per heavy atom. The number of methoxy groups -OCH3 is 1. The van der Waals surface area contributed by atoms with Crippen molar-refractivity contribution in [2.75, 3.05) is 19.5 Å². The molecule has 6 heteroatoms. The van der Waals surface area contributed by atoms with Gasteiger partial charge in [0.15, 0.2) is 0 Å². The third-order valence-corrected chi connectivity index (χ3v) is 2.96. The number of anilines is 1. The number of aromatic nitrogens is 2. The van der Waals surface area contributed by atoms with E-state index in [9.17, 15) is 0 Å². The average molecular weight is 277 g/mol. The lowest BCUT2D eigenvalue weighted by molar-refractivity contribution is 0.0518. The van der Waals surface area contributed by atoms with Gasteiger partial charge in [0.25, 0.3) is 5.89 Å². The summed E-state index contributed by atoms with van der Waals surface area (Å²) < 4.78 is 16.0. The third kappa shape index (κ3) is 2.91. The van der Waals surface area contributed by atoms with Gasteiger partial charge in [-0.05, 0) is 31.5 Å². The SMILES string of the molecule is CCOC(CC)c1noc(-c2cc(OC)ccc2N)n1. The highest BCUT2D eigenvalue weighted by Gasteiger charge is 2.19. The van der Waals surface area contributed by atoms with Gasteiger partial charge in [0.2, 0.25) is 5.82 Å². The minimum Gasteiger partial charge on any atom is -0.497 e. The van der Waals surface area contributed by atoms with Crippen LogP contribution in [0.1, 0.15) is 32.2 Å². The Bertz CT molecular complexity index is 569. The van der Waals surface area contributed by atoms with Crippen molar-refractivity contribution in [3.63, 3.8) is 0 Å². The van der Waals surface area contributed by atoms with Crippen LogP contribution in [0.3, 0.4) is 0 Å². The summed E-state index contributed by atoms with van der Waals surface area (Å²) in [6.07, 6.45) is 0.616. The fourth-order valence-electron chi connectivity index (χ4n) is 1.90. The Kier molecular flexibility index (Phi) is 4.57. The Labute approximate surface area is 117 Å². The van der Waals surface area contributed by atoms with Gasteiger partial charge in [-0.1, -0.05) is 12.1 Å². The first-order chi connectivity index (χ1) is 9.69. The number of rotatable bonds is 6. The van der Waals surface area contributed by atoms with Crippen LogP contribution in [0.4, 0.5) is 5.69 Å². The highest BCUT2D eigenvalue weighted by molar-refractivity contribution is 5.72. The second-order valence-electron chi connectivity index (χ2n) is 4.26. The van der Waals surface area contributed by atoms with Crippen molar-refractivity contribution >= 4 is 5.69 Å². The Hall–Kier alpha value is -2.08. The molecule has 1 atom stereocenters. The van der Waals surface area contributed by atoms with E-state index in [1.54, 1.807) is 25.3 Å². The van der Waals surface area contributed by atoms with Crippen LogP contribution < -0.4 is 10.5 Å². The number of nitrogens with zero attached hydrogens (tertiary/aromatic N) is 2. The molecule has 0 fully saturated rings. The van der Waals surface area contributed by atoms with Crippen LogP contribution in [0, 0.1) is 0 Å². The normalized spacial score (nSPS) is 12.3. The van der Waals surface area contributed by atoms with E-state index in [1.807, 2.05) is 13.8 Å². The minimum absolute atomic E-state index is 0.163. The molecule has 1 aromatic heterocycles. The van der Waals surface area contributed by atoms with Crippen molar-refractivity contribution in [1.82, 2.24) is 10.1 Å². The fraction of sp³-hybridized carbons (Fsp3) is 0.429. The predicted octanol–water partition coefficient (Wildman–Crippen LogP) is 2.82. The topological polar surface area (TPSA) is 83.4 Å². The van der Waals surface area contributed by atoms with Crippen molar-refractivity contribution in [1.29, 1.82) is 0 Å². The van der Waals surface area contributed by atoms with Crippen LogP contribution in [-0.2, 0) is 4.74 Å². The molecular weight excluding hydrogens is 258 g/mol. The molecule has 0 spiro atoms. The van der Waals surface area contributed by atoms with Gasteiger partial charge in [-0.15, -0.1) is 0 Å². The van der Waals surface area contributed by atoms with Crippen LogP contribution in [0.15, 0.2) is 22.7 Å². The van der Waals surface area contributed by atoms with Gasteiger partial charge in [0, 0.05) is 12.3 Å². The fourth-order valence-corrected chi connectivity index (χ4v) is 1.90. The van der Waals surface area contributed by atoms with Crippen LogP contribution in [0.5, 0.6) is 5.75 Å². The first-order valence-electron chi connectivity index (χ1n) is 6.58.